The Kier molecular flexibility index (Phi) is 3.74. The molecule has 0 amide bonds. The average Bonchev–Trinajstić information content (AvgIpc) is 2.04. The van der Waals surface area contributed by atoms with Gasteiger partial charge in [-0.1, -0.05) is 13.8 Å². The molecule has 0 saturated carbocycles. The van der Waals surface area contributed by atoms with E-state index >= 15 is 0 Å². The van der Waals surface area contributed by atoms with E-state index in [2.05, 4.69) is 6.92 Å². The van der Waals surface area contributed by atoms with Crippen LogP contribution in [-0.4, -0.2) is 31.6 Å². The van der Waals surface area contributed by atoms with Gasteiger partial charge in [0.15, 0.2) is 0 Å². The second-order valence-electron chi connectivity index (χ2n) is 3.92. The molecule has 78 valence electrons. The van der Waals surface area contributed by atoms with Gasteiger partial charge in [-0.3, -0.25) is 0 Å². The fraction of sp³-hybridized carbons (Fsp3) is 1.00. The summed E-state index contributed by atoms with van der Waals surface area (Å²) in [6, 6.07) is 0. The molecule has 13 heavy (non-hydrogen) atoms. The summed E-state index contributed by atoms with van der Waals surface area (Å²) >= 11 is 0. The third kappa shape index (κ3) is 2.95. The van der Waals surface area contributed by atoms with Gasteiger partial charge in [0, 0.05) is 13.1 Å². The van der Waals surface area contributed by atoms with Crippen molar-refractivity contribution in [2.45, 2.75) is 33.1 Å². The second kappa shape index (κ2) is 4.42. The maximum Gasteiger partial charge on any atom is 0.214 e. The zero-order chi connectivity index (χ0) is 9.90. The van der Waals surface area contributed by atoms with E-state index in [-0.39, 0.29) is 0 Å². The molecule has 0 bridgehead atoms. The summed E-state index contributed by atoms with van der Waals surface area (Å²) in [6.45, 7) is 5.48. The van der Waals surface area contributed by atoms with Gasteiger partial charge < -0.3 is 0 Å². The van der Waals surface area contributed by atoms with Crippen LogP contribution in [-0.2, 0) is 10.0 Å². The molecule has 0 N–H and O–H groups in total. The Morgan fingerprint density at radius 2 is 2.15 bits per heavy atom. The minimum absolute atomic E-state index is 0.305. The van der Waals surface area contributed by atoms with Crippen molar-refractivity contribution in [1.29, 1.82) is 0 Å². The molecule has 1 atom stereocenters. The highest BCUT2D eigenvalue weighted by molar-refractivity contribution is 7.89. The summed E-state index contributed by atoms with van der Waals surface area (Å²) in [5, 5.41) is 0. The Balaban J connectivity index is 2.60. The van der Waals surface area contributed by atoms with Crippen molar-refractivity contribution in [2.75, 3.05) is 18.8 Å². The summed E-state index contributed by atoms with van der Waals surface area (Å²) in [6.07, 6.45) is 2.90. The molecule has 1 heterocycles. The first-order valence-corrected chi connectivity index (χ1v) is 6.65. The van der Waals surface area contributed by atoms with Gasteiger partial charge in [-0.15, -0.1) is 0 Å². The molecule has 1 rings (SSSR count). The summed E-state index contributed by atoms with van der Waals surface area (Å²) in [4.78, 5) is 0. The Labute approximate surface area is 81.2 Å². The lowest BCUT2D eigenvalue weighted by Crippen LogP contribution is -2.40. The number of sulfonamides is 1. The lowest BCUT2D eigenvalue weighted by Gasteiger charge is -2.29. The topological polar surface area (TPSA) is 37.4 Å². The van der Waals surface area contributed by atoms with E-state index in [4.69, 9.17) is 0 Å². The predicted molar refractivity (Wildman–Crippen MR) is 54.0 cm³/mol. The van der Waals surface area contributed by atoms with Crippen molar-refractivity contribution < 1.29 is 8.42 Å². The number of hydrogen-bond donors (Lipinski definition) is 0. The first-order chi connectivity index (χ1) is 6.06. The van der Waals surface area contributed by atoms with Crippen molar-refractivity contribution in [3.63, 3.8) is 0 Å². The minimum atomic E-state index is -2.93. The van der Waals surface area contributed by atoms with E-state index < -0.39 is 10.0 Å². The predicted octanol–water partition coefficient (Wildman–Crippen LogP) is 1.46. The molecule has 0 aliphatic carbocycles. The smallest absolute Gasteiger partial charge is 0.212 e. The van der Waals surface area contributed by atoms with E-state index in [1.165, 1.54) is 0 Å². The Bertz CT molecular complexity index is 248. The van der Waals surface area contributed by atoms with Gasteiger partial charge in [0.1, 0.15) is 0 Å². The highest BCUT2D eigenvalue weighted by atomic mass is 32.2. The van der Waals surface area contributed by atoms with Crippen LogP contribution < -0.4 is 0 Å². The van der Waals surface area contributed by atoms with Crippen molar-refractivity contribution in [3.05, 3.63) is 0 Å². The number of hydrogen-bond acceptors (Lipinski definition) is 2. The van der Waals surface area contributed by atoms with E-state index in [0.29, 0.717) is 18.1 Å². The molecular formula is C9H19NO2S. The standard InChI is InChI=1S/C9H19NO2S/c1-3-7-13(11,12)10-6-4-5-9(2)8-10/h9H,3-8H2,1-2H3. The molecule has 1 aliphatic heterocycles. The Morgan fingerprint density at radius 3 is 2.69 bits per heavy atom. The summed E-state index contributed by atoms with van der Waals surface area (Å²) in [5.41, 5.74) is 0. The zero-order valence-corrected chi connectivity index (χ0v) is 9.31. The van der Waals surface area contributed by atoms with Gasteiger partial charge in [-0.2, -0.15) is 0 Å². The summed E-state index contributed by atoms with van der Waals surface area (Å²) in [5.74, 6) is 0.833. The van der Waals surface area contributed by atoms with Crippen LogP contribution in [0, 0.1) is 5.92 Å². The van der Waals surface area contributed by atoms with E-state index in [1.54, 1.807) is 4.31 Å². The molecule has 0 aromatic rings. The zero-order valence-electron chi connectivity index (χ0n) is 8.49. The fourth-order valence-corrected chi connectivity index (χ4v) is 3.45. The van der Waals surface area contributed by atoms with Crippen molar-refractivity contribution >= 4 is 10.0 Å². The number of rotatable bonds is 3. The van der Waals surface area contributed by atoms with Crippen LogP contribution in [0.1, 0.15) is 33.1 Å². The number of piperidine rings is 1. The highest BCUT2D eigenvalue weighted by Gasteiger charge is 2.25. The van der Waals surface area contributed by atoms with Gasteiger partial charge in [-0.05, 0) is 25.2 Å². The first kappa shape index (κ1) is 11.0. The molecule has 0 radical (unpaired) electrons. The summed E-state index contributed by atoms with van der Waals surface area (Å²) in [7, 11) is -2.93. The molecule has 1 fully saturated rings. The summed E-state index contributed by atoms with van der Waals surface area (Å²) < 4.78 is 25.0. The largest absolute Gasteiger partial charge is 0.214 e. The first-order valence-electron chi connectivity index (χ1n) is 5.04. The molecule has 3 nitrogen and oxygen atoms in total. The van der Waals surface area contributed by atoms with Gasteiger partial charge in [0.2, 0.25) is 10.0 Å². The van der Waals surface area contributed by atoms with Crippen molar-refractivity contribution in [1.82, 2.24) is 4.31 Å². The molecule has 0 spiro atoms. The quantitative estimate of drug-likeness (QED) is 0.699. The molecule has 1 aliphatic rings. The van der Waals surface area contributed by atoms with E-state index in [0.717, 1.165) is 25.9 Å². The fourth-order valence-electron chi connectivity index (χ4n) is 1.79. The Hall–Kier alpha value is -0.0900. The SMILES string of the molecule is CCCS(=O)(=O)N1CCCC(C)C1. The third-order valence-electron chi connectivity index (χ3n) is 2.48. The molecule has 1 unspecified atom stereocenters. The van der Waals surface area contributed by atoms with Crippen LogP contribution in [0.15, 0.2) is 0 Å². The van der Waals surface area contributed by atoms with Crippen molar-refractivity contribution in [2.24, 2.45) is 5.92 Å². The second-order valence-corrected chi connectivity index (χ2v) is 6.01. The lowest BCUT2D eigenvalue weighted by molar-refractivity contribution is 0.281. The molecule has 1 saturated heterocycles. The van der Waals surface area contributed by atoms with Gasteiger partial charge in [0.25, 0.3) is 0 Å². The van der Waals surface area contributed by atoms with Gasteiger partial charge >= 0.3 is 0 Å². The third-order valence-corrected chi connectivity index (χ3v) is 4.52. The maximum atomic E-state index is 11.7. The van der Waals surface area contributed by atoms with E-state index in [9.17, 15) is 8.42 Å². The normalized spacial score (nSPS) is 26.2. The molecular weight excluding hydrogens is 186 g/mol. The van der Waals surface area contributed by atoms with E-state index in [1.807, 2.05) is 6.92 Å². The maximum absolute atomic E-state index is 11.7. The minimum Gasteiger partial charge on any atom is -0.212 e. The average molecular weight is 205 g/mol. The number of nitrogens with zero attached hydrogens (tertiary/aromatic N) is 1. The molecule has 4 heteroatoms. The van der Waals surface area contributed by atoms with Crippen LogP contribution in [0.4, 0.5) is 0 Å². The van der Waals surface area contributed by atoms with Crippen LogP contribution in [0.25, 0.3) is 0 Å². The van der Waals surface area contributed by atoms with Crippen LogP contribution in [0.5, 0.6) is 0 Å². The van der Waals surface area contributed by atoms with Gasteiger partial charge in [-0.25, -0.2) is 12.7 Å². The van der Waals surface area contributed by atoms with Crippen LogP contribution >= 0.6 is 0 Å². The van der Waals surface area contributed by atoms with Crippen LogP contribution in [0.2, 0.25) is 0 Å². The molecule has 0 aromatic heterocycles. The van der Waals surface area contributed by atoms with Gasteiger partial charge in [0.05, 0.1) is 5.75 Å². The Morgan fingerprint density at radius 1 is 1.46 bits per heavy atom. The molecule has 0 aromatic carbocycles. The monoisotopic (exact) mass is 205 g/mol. The van der Waals surface area contributed by atoms with Crippen LogP contribution in [0.3, 0.4) is 0 Å². The highest BCUT2D eigenvalue weighted by Crippen LogP contribution is 2.18. The van der Waals surface area contributed by atoms with Crippen molar-refractivity contribution in [3.8, 4) is 0 Å². The lowest BCUT2D eigenvalue weighted by atomic mass is 10.0.